The second kappa shape index (κ2) is 10.8. The van der Waals surface area contributed by atoms with E-state index in [4.69, 9.17) is 0 Å². The summed E-state index contributed by atoms with van der Waals surface area (Å²) in [4.78, 5) is 18.8. The summed E-state index contributed by atoms with van der Waals surface area (Å²) in [5.74, 6) is 0.911. The molecule has 0 saturated heterocycles. The molecule has 0 saturated carbocycles. The van der Waals surface area contributed by atoms with Gasteiger partial charge in [0.2, 0.25) is 5.91 Å². The molecular weight excluding hydrogens is 270 g/mol. The average Bonchev–Trinajstić information content (AvgIpc) is 2.98. The van der Waals surface area contributed by atoms with Crippen LogP contribution in [0.1, 0.15) is 69.4 Å². The van der Waals surface area contributed by atoms with E-state index in [0.29, 0.717) is 13.0 Å². The molecule has 0 bridgehead atoms. The first-order chi connectivity index (χ1) is 9.74. The molecule has 0 radical (unpaired) electrons. The molecule has 0 aromatic carbocycles. The molecule has 5 heteroatoms. The molecule has 114 valence electrons. The van der Waals surface area contributed by atoms with Gasteiger partial charge in [0.25, 0.3) is 0 Å². The van der Waals surface area contributed by atoms with Crippen LogP contribution in [0.4, 0.5) is 0 Å². The number of unbranched alkanes of at least 4 members (excludes halogenated alkanes) is 6. The van der Waals surface area contributed by atoms with Gasteiger partial charge in [-0.05, 0) is 6.42 Å². The minimum atomic E-state index is -0.0667. The lowest BCUT2D eigenvalue weighted by Crippen LogP contribution is -2.26. The van der Waals surface area contributed by atoms with E-state index in [-0.39, 0.29) is 11.2 Å². The maximum atomic E-state index is 11.7. The number of aromatic amines is 1. The zero-order valence-electron chi connectivity index (χ0n) is 12.4. The molecule has 0 spiro atoms. The number of hydrogen-bond acceptors (Lipinski definition) is 3. The number of nitrogens with one attached hydrogen (secondary N) is 2. The average molecular weight is 297 g/mol. The fourth-order valence-electron chi connectivity index (χ4n) is 2.10. The molecular formula is C15H27N3OS. The Morgan fingerprint density at radius 2 is 2.00 bits per heavy atom. The van der Waals surface area contributed by atoms with E-state index in [2.05, 4.69) is 34.8 Å². The van der Waals surface area contributed by atoms with Gasteiger partial charge in [-0.15, -0.1) is 0 Å². The standard InChI is InChI=1S/C15H27N3OS/c1-2-3-4-5-6-7-8-9-14(19)18-12-13(20)15-16-10-11-17-15/h10-11,13,20H,2-9,12H2,1H3,(H,16,17)(H,18,19). The summed E-state index contributed by atoms with van der Waals surface area (Å²) in [5.41, 5.74) is 0. The molecule has 2 N–H and O–H groups in total. The van der Waals surface area contributed by atoms with Gasteiger partial charge in [-0.3, -0.25) is 4.79 Å². The highest BCUT2D eigenvalue weighted by Gasteiger charge is 2.10. The van der Waals surface area contributed by atoms with Crippen molar-refractivity contribution in [2.75, 3.05) is 6.54 Å². The van der Waals surface area contributed by atoms with Gasteiger partial charge in [0.15, 0.2) is 0 Å². The lowest BCUT2D eigenvalue weighted by Gasteiger charge is -2.09. The van der Waals surface area contributed by atoms with Crippen molar-refractivity contribution < 1.29 is 4.79 Å². The van der Waals surface area contributed by atoms with Crippen molar-refractivity contribution in [3.8, 4) is 0 Å². The van der Waals surface area contributed by atoms with Crippen LogP contribution in [-0.2, 0) is 4.79 Å². The second-order valence-corrected chi connectivity index (χ2v) is 5.79. The number of carbonyl (C=O) groups is 1. The van der Waals surface area contributed by atoms with Crippen LogP contribution in [0, 0.1) is 0 Å². The van der Waals surface area contributed by atoms with E-state index in [1.807, 2.05) is 0 Å². The Kier molecular flexibility index (Phi) is 9.20. The molecule has 0 fully saturated rings. The van der Waals surface area contributed by atoms with Crippen molar-refractivity contribution >= 4 is 18.5 Å². The highest BCUT2D eigenvalue weighted by atomic mass is 32.1. The molecule has 0 aliphatic heterocycles. The third kappa shape index (κ3) is 7.58. The molecule has 0 aliphatic carbocycles. The van der Waals surface area contributed by atoms with Gasteiger partial charge >= 0.3 is 0 Å². The van der Waals surface area contributed by atoms with Crippen LogP contribution in [0.5, 0.6) is 0 Å². The van der Waals surface area contributed by atoms with Crippen molar-refractivity contribution in [1.29, 1.82) is 0 Å². The zero-order valence-corrected chi connectivity index (χ0v) is 13.3. The number of carbonyl (C=O) groups excluding carboxylic acids is 1. The van der Waals surface area contributed by atoms with Crippen LogP contribution >= 0.6 is 12.6 Å². The molecule has 20 heavy (non-hydrogen) atoms. The van der Waals surface area contributed by atoms with Gasteiger partial charge in [-0.2, -0.15) is 12.6 Å². The third-order valence-electron chi connectivity index (χ3n) is 3.33. The summed E-state index contributed by atoms with van der Waals surface area (Å²) >= 11 is 4.41. The summed E-state index contributed by atoms with van der Waals surface area (Å²) in [6, 6.07) is 0. The number of amides is 1. The molecule has 1 atom stereocenters. The Hall–Kier alpha value is -0.970. The van der Waals surface area contributed by atoms with Crippen LogP contribution < -0.4 is 5.32 Å². The van der Waals surface area contributed by atoms with Crippen molar-refractivity contribution in [3.05, 3.63) is 18.2 Å². The summed E-state index contributed by atoms with van der Waals surface area (Å²) in [7, 11) is 0. The lowest BCUT2D eigenvalue weighted by atomic mass is 10.1. The van der Waals surface area contributed by atoms with Crippen LogP contribution in [0.3, 0.4) is 0 Å². The smallest absolute Gasteiger partial charge is 0.220 e. The Morgan fingerprint density at radius 1 is 1.30 bits per heavy atom. The molecule has 1 aromatic rings. The van der Waals surface area contributed by atoms with Crippen LogP contribution in [0.2, 0.25) is 0 Å². The molecule has 1 unspecified atom stereocenters. The van der Waals surface area contributed by atoms with Crippen molar-refractivity contribution in [1.82, 2.24) is 15.3 Å². The van der Waals surface area contributed by atoms with E-state index in [1.54, 1.807) is 12.4 Å². The predicted octanol–water partition coefficient (Wildman–Crippen LogP) is 3.64. The first-order valence-corrected chi connectivity index (χ1v) is 8.19. The number of aromatic nitrogens is 2. The Bertz CT molecular complexity index is 354. The first-order valence-electron chi connectivity index (χ1n) is 7.68. The minimum absolute atomic E-state index is 0.0667. The maximum absolute atomic E-state index is 11.7. The molecule has 0 aliphatic rings. The van der Waals surface area contributed by atoms with Gasteiger partial charge < -0.3 is 10.3 Å². The van der Waals surface area contributed by atoms with Crippen molar-refractivity contribution in [2.45, 2.75) is 63.5 Å². The van der Waals surface area contributed by atoms with Crippen molar-refractivity contribution in [2.24, 2.45) is 0 Å². The number of hydrogen-bond donors (Lipinski definition) is 3. The van der Waals surface area contributed by atoms with E-state index < -0.39 is 0 Å². The number of imidazole rings is 1. The molecule has 1 rings (SSSR count). The van der Waals surface area contributed by atoms with Gasteiger partial charge in [-0.1, -0.05) is 45.4 Å². The summed E-state index contributed by atoms with van der Waals surface area (Å²) in [6.45, 7) is 2.74. The van der Waals surface area contributed by atoms with Crippen LogP contribution in [0.15, 0.2) is 12.4 Å². The largest absolute Gasteiger partial charge is 0.355 e. The normalized spacial score (nSPS) is 12.3. The minimum Gasteiger partial charge on any atom is -0.355 e. The van der Waals surface area contributed by atoms with Crippen LogP contribution in [-0.4, -0.2) is 22.4 Å². The van der Waals surface area contributed by atoms with Crippen molar-refractivity contribution in [3.63, 3.8) is 0 Å². The zero-order chi connectivity index (χ0) is 14.6. The first kappa shape index (κ1) is 17.1. The van der Waals surface area contributed by atoms with E-state index in [0.717, 1.165) is 18.7 Å². The Morgan fingerprint density at radius 3 is 2.65 bits per heavy atom. The van der Waals surface area contributed by atoms with Gasteiger partial charge in [0, 0.05) is 25.4 Å². The molecule has 1 amide bonds. The molecule has 4 nitrogen and oxygen atoms in total. The molecule has 1 aromatic heterocycles. The number of rotatable bonds is 11. The fourth-order valence-corrected chi connectivity index (χ4v) is 2.33. The fraction of sp³-hybridized carbons (Fsp3) is 0.733. The number of nitrogens with zero attached hydrogens (tertiary/aromatic N) is 1. The summed E-state index contributed by atoms with van der Waals surface area (Å²) in [6.07, 6.45) is 12.7. The number of H-pyrrole nitrogens is 1. The third-order valence-corrected chi connectivity index (χ3v) is 3.76. The number of thiol groups is 1. The van der Waals surface area contributed by atoms with Gasteiger partial charge in [-0.25, -0.2) is 4.98 Å². The van der Waals surface area contributed by atoms with Gasteiger partial charge in [0.05, 0.1) is 5.25 Å². The van der Waals surface area contributed by atoms with E-state index in [1.165, 1.54) is 32.1 Å². The summed E-state index contributed by atoms with van der Waals surface area (Å²) < 4.78 is 0. The Balaban J connectivity index is 1.98. The van der Waals surface area contributed by atoms with Crippen LogP contribution in [0.25, 0.3) is 0 Å². The quantitative estimate of drug-likeness (QED) is 0.431. The monoisotopic (exact) mass is 297 g/mol. The summed E-state index contributed by atoms with van der Waals surface area (Å²) in [5, 5.41) is 2.84. The SMILES string of the molecule is CCCCCCCCCC(=O)NCC(S)c1ncc[nH]1. The molecule has 1 heterocycles. The topological polar surface area (TPSA) is 57.8 Å². The van der Waals surface area contributed by atoms with E-state index in [9.17, 15) is 4.79 Å². The predicted molar refractivity (Wildman–Crippen MR) is 85.9 cm³/mol. The Labute approximate surface area is 127 Å². The highest BCUT2D eigenvalue weighted by molar-refractivity contribution is 7.80. The maximum Gasteiger partial charge on any atom is 0.220 e. The highest BCUT2D eigenvalue weighted by Crippen LogP contribution is 2.13. The lowest BCUT2D eigenvalue weighted by molar-refractivity contribution is -0.121. The van der Waals surface area contributed by atoms with Gasteiger partial charge in [0.1, 0.15) is 5.82 Å². The second-order valence-electron chi connectivity index (χ2n) is 5.17. The van der Waals surface area contributed by atoms with E-state index >= 15 is 0 Å².